The fourth-order valence-corrected chi connectivity index (χ4v) is 7.94. The fourth-order valence-electron chi connectivity index (χ4n) is 6.81. The zero-order chi connectivity index (χ0) is 30.9. The molecule has 2 fully saturated rings. The lowest BCUT2D eigenvalue weighted by Crippen LogP contribution is -2.61. The number of likely N-dealkylation sites (tertiary alicyclic amines) is 1. The molecule has 0 aromatic heterocycles. The number of nitrogens with one attached hydrogen (secondary N) is 2. The number of benzene rings is 3. The van der Waals surface area contributed by atoms with Crippen molar-refractivity contribution in [3.63, 3.8) is 0 Å². The third-order valence-electron chi connectivity index (χ3n) is 9.20. The minimum atomic E-state index is -3.43. The number of hydrogen-bond acceptors (Lipinski definition) is 6. The van der Waals surface area contributed by atoms with Gasteiger partial charge in [-0.1, -0.05) is 60.1 Å². The molecule has 44 heavy (non-hydrogen) atoms. The van der Waals surface area contributed by atoms with Crippen LogP contribution in [0.2, 0.25) is 5.02 Å². The van der Waals surface area contributed by atoms with Crippen LogP contribution in [-0.2, 0) is 31.4 Å². The molecule has 3 heterocycles. The standard InChI is InChI=1S/C33H38ClN5O4S/c1-44(42,43)39-23-33(27-9-5-6-10-30(27)39)15-18-37(19-16-33)32(41)28(21-24-11-13-25(34)14-12-24)36-31(40)29-22-38(20-17-35-29)26-7-3-2-4-8-26/h2-14,28-29,35H,15-23H2,1H3,(H,36,40)/t28-,29+/m1/s1. The van der Waals surface area contributed by atoms with Gasteiger partial charge in [-0.05, 0) is 54.3 Å². The van der Waals surface area contributed by atoms with Crippen LogP contribution in [0.3, 0.4) is 0 Å². The normalized spacial score (nSPS) is 20.3. The van der Waals surface area contributed by atoms with Gasteiger partial charge < -0.3 is 20.4 Å². The van der Waals surface area contributed by atoms with E-state index in [-0.39, 0.29) is 17.2 Å². The van der Waals surface area contributed by atoms with Crippen LogP contribution in [0.1, 0.15) is 24.0 Å². The van der Waals surface area contributed by atoms with E-state index in [1.54, 1.807) is 12.1 Å². The van der Waals surface area contributed by atoms with Crippen molar-refractivity contribution < 1.29 is 18.0 Å². The lowest BCUT2D eigenvalue weighted by Gasteiger charge is -2.41. The van der Waals surface area contributed by atoms with Crippen molar-refractivity contribution in [1.82, 2.24) is 15.5 Å². The van der Waals surface area contributed by atoms with Gasteiger partial charge in [-0.15, -0.1) is 0 Å². The van der Waals surface area contributed by atoms with Gasteiger partial charge in [-0.2, -0.15) is 0 Å². The molecule has 1 spiro atoms. The predicted octanol–water partition coefficient (Wildman–Crippen LogP) is 3.19. The first kappa shape index (κ1) is 30.4. The van der Waals surface area contributed by atoms with E-state index in [9.17, 15) is 18.0 Å². The molecule has 0 radical (unpaired) electrons. The fraction of sp³-hybridized carbons (Fsp3) is 0.394. The molecule has 0 aliphatic carbocycles. The van der Waals surface area contributed by atoms with Gasteiger partial charge in [0.05, 0.1) is 11.9 Å². The largest absolute Gasteiger partial charge is 0.368 e. The summed E-state index contributed by atoms with van der Waals surface area (Å²) in [5.74, 6) is -0.343. The molecular formula is C33H38ClN5O4S. The number of piperazine rings is 1. The maximum atomic E-state index is 14.1. The van der Waals surface area contributed by atoms with Gasteiger partial charge in [-0.3, -0.25) is 13.9 Å². The zero-order valence-corrected chi connectivity index (χ0v) is 26.4. The number of halogens is 1. The number of rotatable bonds is 7. The molecule has 11 heteroatoms. The highest BCUT2D eigenvalue weighted by Crippen LogP contribution is 2.47. The maximum Gasteiger partial charge on any atom is 0.245 e. The van der Waals surface area contributed by atoms with E-state index in [0.717, 1.165) is 29.0 Å². The van der Waals surface area contributed by atoms with Crippen molar-refractivity contribution in [2.24, 2.45) is 0 Å². The molecule has 0 bridgehead atoms. The van der Waals surface area contributed by atoms with Gasteiger partial charge in [0, 0.05) is 61.8 Å². The summed E-state index contributed by atoms with van der Waals surface area (Å²) in [5.41, 5.74) is 3.36. The van der Waals surface area contributed by atoms with Crippen molar-refractivity contribution in [1.29, 1.82) is 0 Å². The number of sulfonamides is 1. The van der Waals surface area contributed by atoms with Crippen molar-refractivity contribution >= 4 is 44.8 Å². The highest BCUT2D eigenvalue weighted by molar-refractivity contribution is 7.92. The average Bonchev–Trinajstić information content (AvgIpc) is 3.36. The van der Waals surface area contributed by atoms with Crippen LogP contribution in [0.25, 0.3) is 0 Å². The minimum absolute atomic E-state index is 0.134. The molecule has 2 amide bonds. The number of amides is 2. The minimum Gasteiger partial charge on any atom is -0.368 e. The molecule has 2 atom stereocenters. The second-order valence-corrected chi connectivity index (χ2v) is 14.4. The van der Waals surface area contributed by atoms with E-state index in [1.165, 1.54) is 10.6 Å². The second-order valence-electron chi connectivity index (χ2n) is 12.1. The summed E-state index contributed by atoms with van der Waals surface area (Å²) >= 11 is 6.12. The number of para-hydroxylation sites is 2. The quantitative estimate of drug-likeness (QED) is 0.414. The second kappa shape index (κ2) is 12.4. The smallest absolute Gasteiger partial charge is 0.245 e. The molecule has 3 aliphatic heterocycles. The molecule has 9 nitrogen and oxygen atoms in total. The van der Waals surface area contributed by atoms with Crippen LogP contribution < -0.4 is 19.8 Å². The summed E-state index contributed by atoms with van der Waals surface area (Å²) in [5, 5.41) is 7.01. The number of hydrogen-bond donors (Lipinski definition) is 2. The van der Waals surface area contributed by atoms with E-state index in [0.29, 0.717) is 57.0 Å². The van der Waals surface area contributed by atoms with Crippen LogP contribution in [0, 0.1) is 0 Å². The Morgan fingerprint density at radius 3 is 2.36 bits per heavy atom. The predicted molar refractivity (Wildman–Crippen MR) is 174 cm³/mol. The first-order chi connectivity index (χ1) is 21.1. The molecule has 2 saturated heterocycles. The molecule has 2 N–H and O–H groups in total. The number of carbonyl (C=O) groups excluding carboxylic acids is 2. The van der Waals surface area contributed by atoms with Crippen molar-refractivity contribution in [2.45, 2.75) is 36.8 Å². The molecule has 3 aromatic carbocycles. The maximum absolute atomic E-state index is 14.1. The van der Waals surface area contributed by atoms with Crippen molar-refractivity contribution in [2.75, 3.05) is 54.7 Å². The number of piperidine rings is 1. The van der Waals surface area contributed by atoms with Crippen molar-refractivity contribution in [3.05, 3.63) is 95.0 Å². The van der Waals surface area contributed by atoms with Gasteiger partial charge in [0.2, 0.25) is 21.8 Å². The summed E-state index contributed by atoms with van der Waals surface area (Å²) in [6.45, 7) is 3.27. The Morgan fingerprint density at radius 2 is 1.66 bits per heavy atom. The third-order valence-corrected chi connectivity index (χ3v) is 10.6. The Kier molecular flexibility index (Phi) is 8.59. The molecule has 0 saturated carbocycles. The van der Waals surface area contributed by atoms with E-state index >= 15 is 0 Å². The molecule has 6 rings (SSSR count). The molecule has 232 valence electrons. The number of nitrogens with zero attached hydrogens (tertiary/aromatic N) is 3. The Hall–Kier alpha value is -3.60. The molecule has 3 aliphatic rings. The lowest BCUT2D eigenvalue weighted by atomic mass is 9.74. The number of fused-ring (bicyclic) bond motifs is 2. The van der Waals surface area contributed by atoms with Crippen LogP contribution in [-0.4, -0.2) is 82.7 Å². The van der Waals surface area contributed by atoms with Gasteiger partial charge >= 0.3 is 0 Å². The molecular weight excluding hydrogens is 598 g/mol. The zero-order valence-electron chi connectivity index (χ0n) is 24.8. The molecule has 3 aromatic rings. The van der Waals surface area contributed by atoms with E-state index in [4.69, 9.17) is 11.6 Å². The van der Waals surface area contributed by atoms with Gasteiger partial charge in [0.15, 0.2) is 0 Å². The highest BCUT2D eigenvalue weighted by Gasteiger charge is 2.48. The highest BCUT2D eigenvalue weighted by atomic mass is 35.5. The van der Waals surface area contributed by atoms with Crippen LogP contribution >= 0.6 is 11.6 Å². The topological polar surface area (TPSA) is 102 Å². The van der Waals surface area contributed by atoms with E-state index < -0.39 is 22.1 Å². The first-order valence-corrected chi connectivity index (χ1v) is 17.3. The van der Waals surface area contributed by atoms with Gasteiger partial charge in [-0.25, -0.2) is 8.42 Å². The Balaban J connectivity index is 1.18. The van der Waals surface area contributed by atoms with Gasteiger partial charge in [0.25, 0.3) is 0 Å². The average molecular weight is 636 g/mol. The summed E-state index contributed by atoms with van der Waals surface area (Å²) in [7, 11) is -3.43. The Morgan fingerprint density at radius 1 is 0.977 bits per heavy atom. The summed E-state index contributed by atoms with van der Waals surface area (Å²) in [6, 6.07) is 23.8. The monoisotopic (exact) mass is 635 g/mol. The first-order valence-electron chi connectivity index (χ1n) is 15.1. The SMILES string of the molecule is CS(=O)(=O)N1CC2(CCN(C(=O)[C@@H](Cc3ccc(Cl)cc3)NC(=O)[C@@H]3CN(c4ccccc4)CCN3)CC2)c2ccccc21. The third kappa shape index (κ3) is 6.29. The van der Waals surface area contributed by atoms with Gasteiger partial charge in [0.1, 0.15) is 12.1 Å². The van der Waals surface area contributed by atoms with Crippen molar-refractivity contribution in [3.8, 4) is 0 Å². The molecule has 0 unspecified atom stereocenters. The number of anilines is 2. The van der Waals surface area contributed by atoms with Crippen LogP contribution in [0.5, 0.6) is 0 Å². The van der Waals surface area contributed by atoms with Crippen LogP contribution in [0.15, 0.2) is 78.9 Å². The summed E-state index contributed by atoms with van der Waals surface area (Å²) in [6.07, 6.45) is 2.86. The van der Waals surface area contributed by atoms with Crippen LogP contribution in [0.4, 0.5) is 11.4 Å². The Bertz CT molecular complexity index is 1610. The summed E-state index contributed by atoms with van der Waals surface area (Å²) in [4.78, 5) is 31.7. The van der Waals surface area contributed by atoms with E-state index in [1.807, 2.05) is 71.6 Å². The lowest BCUT2D eigenvalue weighted by molar-refractivity contribution is -0.138. The summed E-state index contributed by atoms with van der Waals surface area (Å²) < 4.78 is 26.7. The number of carbonyl (C=O) groups is 2. The van der Waals surface area contributed by atoms with E-state index in [2.05, 4.69) is 15.5 Å². The Labute approximate surface area is 264 Å².